The van der Waals surface area contributed by atoms with Crippen molar-refractivity contribution in [3.8, 4) is 0 Å². The first kappa shape index (κ1) is 15.8. The Bertz CT molecular complexity index is 970. The van der Waals surface area contributed by atoms with Gasteiger partial charge in [-0.2, -0.15) is 10.2 Å². The van der Waals surface area contributed by atoms with Gasteiger partial charge in [-0.05, 0) is 39.7 Å². The molecule has 7 nitrogen and oxygen atoms in total. The Morgan fingerprint density at radius 3 is 2.72 bits per heavy atom. The summed E-state index contributed by atoms with van der Waals surface area (Å²) in [5.74, 6) is 0.0105. The van der Waals surface area contributed by atoms with Crippen LogP contribution in [0.25, 0.3) is 5.65 Å². The molecule has 1 aliphatic rings. The zero-order valence-corrected chi connectivity index (χ0v) is 15.0. The number of likely N-dealkylation sites (tertiary alicyclic amines) is 1. The van der Waals surface area contributed by atoms with Gasteiger partial charge in [0.1, 0.15) is 5.56 Å². The molecule has 7 heteroatoms. The number of hydrogen-bond acceptors (Lipinski definition) is 4. The van der Waals surface area contributed by atoms with E-state index in [1.54, 1.807) is 10.7 Å². The molecule has 1 amide bonds. The molecular formula is C18H22N6O. The van der Waals surface area contributed by atoms with E-state index in [-0.39, 0.29) is 11.9 Å². The van der Waals surface area contributed by atoms with Gasteiger partial charge in [0.05, 0.1) is 17.4 Å². The maximum Gasteiger partial charge on any atom is 0.260 e. The van der Waals surface area contributed by atoms with Gasteiger partial charge in [0.2, 0.25) is 0 Å². The first-order valence-corrected chi connectivity index (χ1v) is 8.60. The SMILES string of the molecule is Cc1nn(C)c(C)c1C1CCCN1C(=O)c1c(C)nn2cccnc12. The number of carbonyl (C=O) groups excluding carboxylic acids is 1. The highest BCUT2D eigenvalue weighted by Crippen LogP contribution is 2.36. The van der Waals surface area contributed by atoms with Gasteiger partial charge in [0, 0.05) is 37.2 Å². The highest BCUT2D eigenvalue weighted by atomic mass is 16.2. The van der Waals surface area contributed by atoms with Gasteiger partial charge in [-0.25, -0.2) is 9.50 Å². The maximum absolute atomic E-state index is 13.4. The Balaban J connectivity index is 1.77. The van der Waals surface area contributed by atoms with Gasteiger partial charge in [0.25, 0.3) is 5.91 Å². The van der Waals surface area contributed by atoms with Gasteiger partial charge < -0.3 is 4.90 Å². The van der Waals surface area contributed by atoms with Crippen LogP contribution in [0.3, 0.4) is 0 Å². The zero-order chi connectivity index (χ0) is 17.7. The zero-order valence-electron chi connectivity index (χ0n) is 15.0. The first-order valence-electron chi connectivity index (χ1n) is 8.60. The molecule has 0 bridgehead atoms. The molecule has 25 heavy (non-hydrogen) atoms. The van der Waals surface area contributed by atoms with E-state index in [2.05, 4.69) is 22.1 Å². The third-order valence-electron chi connectivity index (χ3n) is 5.20. The van der Waals surface area contributed by atoms with Crippen molar-refractivity contribution >= 4 is 11.6 Å². The molecule has 130 valence electrons. The molecule has 3 aromatic heterocycles. The number of aromatic nitrogens is 5. The fourth-order valence-electron chi connectivity index (χ4n) is 3.97. The summed E-state index contributed by atoms with van der Waals surface area (Å²) in [4.78, 5) is 19.7. The fraction of sp³-hybridized carbons (Fsp3) is 0.444. The topological polar surface area (TPSA) is 68.3 Å². The molecule has 3 aromatic rings. The summed E-state index contributed by atoms with van der Waals surface area (Å²) in [6, 6.07) is 1.88. The predicted octanol–water partition coefficient (Wildman–Crippen LogP) is 2.37. The Morgan fingerprint density at radius 1 is 1.20 bits per heavy atom. The maximum atomic E-state index is 13.4. The van der Waals surface area contributed by atoms with Crippen molar-refractivity contribution in [2.75, 3.05) is 6.54 Å². The largest absolute Gasteiger partial charge is 0.331 e. The lowest BCUT2D eigenvalue weighted by atomic mass is 10.0. The minimum Gasteiger partial charge on any atom is -0.331 e. The van der Waals surface area contributed by atoms with E-state index >= 15 is 0 Å². The van der Waals surface area contributed by atoms with Crippen LogP contribution in [0.2, 0.25) is 0 Å². The van der Waals surface area contributed by atoms with Crippen LogP contribution in [-0.2, 0) is 7.05 Å². The van der Waals surface area contributed by atoms with E-state index in [9.17, 15) is 4.79 Å². The lowest BCUT2D eigenvalue weighted by Crippen LogP contribution is -2.31. The molecule has 1 atom stereocenters. The number of aryl methyl sites for hydroxylation is 3. The van der Waals surface area contributed by atoms with Gasteiger partial charge in [0.15, 0.2) is 5.65 Å². The van der Waals surface area contributed by atoms with Crippen molar-refractivity contribution in [2.45, 2.75) is 39.7 Å². The molecule has 0 aromatic carbocycles. The standard InChI is InChI=1S/C18H22N6O/c1-11-15(13(3)22(4)20-11)14-7-5-9-23(14)18(25)16-12(2)21-24-10-6-8-19-17(16)24/h6,8,10,14H,5,7,9H2,1-4H3. The summed E-state index contributed by atoms with van der Waals surface area (Å²) in [6.45, 7) is 6.71. The van der Waals surface area contributed by atoms with E-state index in [0.717, 1.165) is 30.8 Å². The van der Waals surface area contributed by atoms with Crippen LogP contribution in [0.5, 0.6) is 0 Å². The van der Waals surface area contributed by atoms with Crippen LogP contribution in [0.4, 0.5) is 0 Å². The predicted molar refractivity (Wildman–Crippen MR) is 93.4 cm³/mol. The van der Waals surface area contributed by atoms with Crippen LogP contribution in [0, 0.1) is 20.8 Å². The Morgan fingerprint density at radius 2 is 2.00 bits per heavy atom. The summed E-state index contributed by atoms with van der Waals surface area (Å²) in [7, 11) is 1.95. The Labute approximate surface area is 146 Å². The highest BCUT2D eigenvalue weighted by Gasteiger charge is 2.35. The van der Waals surface area contributed by atoms with Crippen LogP contribution in [0.15, 0.2) is 18.5 Å². The van der Waals surface area contributed by atoms with E-state index < -0.39 is 0 Å². The van der Waals surface area contributed by atoms with Crippen molar-refractivity contribution in [3.05, 3.63) is 46.7 Å². The third kappa shape index (κ3) is 2.33. The molecule has 1 unspecified atom stereocenters. The molecule has 0 N–H and O–H groups in total. The average Bonchev–Trinajstić information content (AvgIpc) is 3.23. The van der Waals surface area contributed by atoms with E-state index in [4.69, 9.17) is 0 Å². The molecule has 0 saturated carbocycles. The quantitative estimate of drug-likeness (QED) is 0.719. The minimum atomic E-state index is 0.0105. The van der Waals surface area contributed by atoms with Crippen molar-refractivity contribution in [1.29, 1.82) is 0 Å². The molecule has 1 fully saturated rings. The van der Waals surface area contributed by atoms with Crippen molar-refractivity contribution in [3.63, 3.8) is 0 Å². The normalized spacial score (nSPS) is 17.6. The number of carbonyl (C=O) groups is 1. The van der Waals surface area contributed by atoms with Crippen LogP contribution < -0.4 is 0 Å². The molecule has 0 radical (unpaired) electrons. The Kier molecular flexibility index (Phi) is 3.59. The molecule has 4 heterocycles. The van der Waals surface area contributed by atoms with E-state index in [1.807, 2.05) is 42.7 Å². The number of nitrogens with zero attached hydrogens (tertiary/aromatic N) is 6. The molecule has 1 saturated heterocycles. The molecule has 4 rings (SSSR count). The van der Waals surface area contributed by atoms with E-state index in [1.165, 1.54) is 5.56 Å². The lowest BCUT2D eigenvalue weighted by Gasteiger charge is -2.25. The van der Waals surface area contributed by atoms with Crippen molar-refractivity contribution in [2.24, 2.45) is 7.05 Å². The van der Waals surface area contributed by atoms with Gasteiger partial charge in [-0.1, -0.05) is 0 Å². The second kappa shape index (κ2) is 5.68. The highest BCUT2D eigenvalue weighted by molar-refractivity contribution is 6.01. The van der Waals surface area contributed by atoms with E-state index in [0.29, 0.717) is 16.9 Å². The van der Waals surface area contributed by atoms with Crippen LogP contribution in [0.1, 0.15) is 51.9 Å². The number of hydrogen-bond donors (Lipinski definition) is 0. The first-order chi connectivity index (χ1) is 12.0. The molecule has 0 spiro atoms. The van der Waals surface area contributed by atoms with Gasteiger partial charge in [-0.3, -0.25) is 9.48 Å². The van der Waals surface area contributed by atoms with Crippen molar-refractivity contribution in [1.82, 2.24) is 29.3 Å². The molecule has 0 aliphatic carbocycles. The fourth-order valence-corrected chi connectivity index (χ4v) is 3.97. The second-order valence-electron chi connectivity index (χ2n) is 6.71. The van der Waals surface area contributed by atoms with Crippen LogP contribution in [-0.4, -0.2) is 41.7 Å². The van der Waals surface area contributed by atoms with Crippen LogP contribution >= 0.6 is 0 Å². The summed E-state index contributed by atoms with van der Waals surface area (Å²) in [6.07, 6.45) is 5.48. The summed E-state index contributed by atoms with van der Waals surface area (Å²) < 4.78 is 3.57. The summed E-state index contributed by atoms with van der Waals surface area (Å²) >= 11 is 0. The smallest absolute Gasteiger partial charge is 0.260 e. The monoisotopic (exact) mass is 338 g/mol. The van der Waals surface area contributed by atoms with Gasteiger partial charge >= 0.3 is 0 Å². The van der Waals surface area contributed by atoms with Crippen molar-refractivity contribution < 1.29 is 4.79 Å². The second-order valence-corrected chi connectivity index (χ2v) is 6.71. The average molecular weight is 338 g/mol. The number of rotatable bonds is 2. The number of fused-ring (bicyclic) bond motifs is 1. The Hall–Kier alpha value is -2.70. The third-order valence-corrected chi connectivity index (χ3v) is 5.20. The minimum absolute atomic E-state index is 0.0105. The summed E-state index contributed by atoms with van der Waals surface area (Å²) in [5, 5.41) is 8.96. The number of amides is 1. The summed E-state index contributed by atoms with van der Waals surface area (Å²) in [5.41, 5.74) is 5.24. The van der Waals surface area contributed by atoms with Gasteiger partial charge in [-0.15, -0.1) is 0 Å². The molecule has 1 aliphatic heterocycles. The molecular weight excluding hydrogens is 316 g/mol. The lowest BCUT2D eigenvalue weighted by molar-refractivity contribution is 0.0736.